The van der Waals surface area contributed by atoms with Crippen LogP contribution >= 0.6 is 0 Å². The molecule has 0 fully saturated rings. The molecule has 0 saturated carbocycles. The minimum atomic E-state index is -0.386. The monoisotopic (exact) mass is 803 g/mol. The number of rotatable bonds is 5. The van der Waals surface area contributed by atoms with Crippen molar-refractivity contribution < 1.29 is 0 Å². The molecule has 0 saturated heterocycles. The van der Waals surface area contributed by atoms with E-state index in [1.165, 1.54) is 99.9 Å². The average Bonchev–Trinajstić information content (AvgIpc) is 3.81. The maximum absolute atomic E-state index is 2.56. The van der Waals surface area contributed by atoms with Gasteiger partial charge in [-0.2, -0.15) is 0 Å². The zero-order valence-corrected chi connectivity index (χ0v) is 35.5. The predicted molar refractivity (Wildman–Crippen MR) is 263 cm³/mol. The fourth-order valence-corrected chi connectivity index (χ4v) is 12.2. The lowest BCUT2D eigenvalue weighted by Crippen LogP contribution is -2.27. The van der Waals surface area contributed by atoms with E-state index >= 15 is 0 Å². The maximum atomic E-state index is 2.56. The summed E-state index contributed by atoms with van der Waals surface area (Å²) in [6.07, 6.45) is 8.09. The van der Waals surface area contributed by atoms with E-state index in [1.807, 2.05) is 0 Å². The fourth-order valence-electron chi connectivity index (χ4n) is 12.2. The molecule has 1 heteroatoms. The summed E-state index contributed by atoms with van der Waals surface area (Å²) >= 11 is 0. The van der Waals surface area contributed by atoms with Crippen molar-refractivity contribution in [3.63, 3.8) is 0 Å². The molecule has 4 aliphatic rings. The van der Waals surface area contributed by atoms with Crippen molar-refractivity contribution in [1.29, 1.82) is 0 Å². The van der Waals surface area contributed by atoms with Gasteiger partial charge in [-0.05, 0) is 125 Å². The van der Waals surface area contributed by atoms with Crippen LogP contribution in [0.4, 0.5) is 17.1 Å². The van der Waals surface area contributed by atoms with Crippen LogP contribution in [-0.2, 0) is 10.8 Å². The summed E-state index contributed by atoms with van der Waals surface area (Å²) in [7, 11) is 0. The minimum absolute atomic E-state index is 0.240. The van der Waals surface area contributed by atoms with Gasteiger partial charge in [-0.15, -0.1) is 0 Å². The molecule has 0 bridgehead atoms. The first-order valence-corrected chi connectivity index (χ1v) is 22.5. The summed E-state index contributed by atoms with van der Waals surface area (Å²) < 4.78 is 0. The standard InChI is InChI=1S/C62H45N/c1-61(2)55-30-15-21-43-33-38-57(59(58(43)55)51-26-16-25-46(60(51)61)42-19-7-4-8-20-42)63(44-34-31-41(32-35-44)40-17-5-3-6-18-40)45-36-37-50-49-24-11-14-29-54(49)62(56(50)39-45)52-27-12-9-22-47(52)48-23-10-13-28-53(48)62/h3-23,25-39,49H,24H2,1-2H3. The highest BCUT2D eigenvalue weighted by Crippen LogP contribution is 2.66. The van der Waals surface area contributed by atoms with Gasteiger partial charge in [0.15, 0.2) is 0 Å². The predicted octanol–water partition coefficient (Wildman–Crippen LogP) is 16.2. The van der Waals surface area contributed by atoms with E-state index in [2.05, 4.69) is 237 Å². The number of benzene rings is 9. The SMILES string of the molecule is CC1(C)c2c(-c3ccccc3)cccc2-c2c(N(c3ccc(-c4ccccc4)cc3)c3ccc4c(c3)C3(C5=CC=CCC54)c4ccccc4-c4ccccc43)ccc3cccc1c23. The lowest BCUT2D eigenvalue weighted by molar-refractivity contribution is 0.647. The normalized spacial score (nSPS) is 16.5. The Labute approximate surface area is 370 Å². The Bertz CT molecular complexity index is 3340. The van der Waals surface area contributed by atoms with Crippen molar-refractivity contribution in [2.45, 2.75) is 37.0 Å². The van der Waals surface area contributed by atoms with Crippen LogP contribution in [0, 0.1) is 0 Å². The Morgan fingerprint density at radius 3 is 1.83 bits per heavy atom. The van der Waals surface area contributed by atoms with Gasteiger partial charge in [-0.3, -0.25) is 0 Å². The molecule has 4 aliphatic carbocycles. The van der Waals surface area contributed by atoms with Crippen molar-refractivity contribution in [2.24, 2.45) is 0 Å². The van der Waals surface area contributed by atoms with Crippen LogP contribution in [0.25, 0.3) is 55.3 Å². The highest BCUT2D eigenvalue weighted by molar-refractivity contribution is 6.11. The molecule has 0 aromatic heterocycles. The summed E-state index contributed by atoms with van der Waals surface area (Å²) in [5.74, 6) is 0.312. The van der Waals surface area contributed by atoms with Gasteiger partial charge in [0.1, 0.15) is 0 Å². The topological polar surface area (TPSA) is 3.24 Å². The first-order chi connectivity index (χ1) is 31.0. The third kappa shape index (κ3) is 4.99. The molecule has 0 heterocycles. The molecule has 1 spiro atoms. The van der Waals surface area contributed by atoms with E-state index in [0.717, 1.165) is 17.8 Å². The van der Waals surface area contributed by atoms with Crippen molar-refractivity contribution in [1.82, 2.24) is 0 Å². The Hall–Kier alpha value is -7.48. The number of fused-ring (bicyclic) bond motifs is 12. The van der Waals surface area contributed by atoms with Crippen molar-refractivity contribution in [2.75, 3.05) is 4.90 Å². The lowest BCUT2D eigenvalue weighted by Gasteiger charge is -2.39. The van der Waals surface area contributed by atoms with E-state index in [4.69, 9.17) is 0 Å². The van der Waals surface area contributed by atoms with Crippen LogP contribution in [0.15, 0.2) is 224 Å². The third-order valence-corrected chi connectivity index (χ3v) is 14.8. The molecule has 9 aromatic rings. The molecule has 0 N–H and O–H groups in total. The van der Waals surface area contributed by atoms with Gasteiger partial charge >= 0.3 is 0 Å². The van der Waals surface area contributed by atoms with E-state index < -0.39 is 0 Å². The molecular weight excluding hydrogens is 759 g/mol. The number of anilines is 3. The molecule has 1 unspecified atom stereocenters. The summed E-state index contributed by atoms with van der Waals surface area (Å²) in [5, 5.41) is 2.60. The third-order valence-electron chi connectivity index (χ3n) is 14.8. The highest BCUT2D eigenvalue weighted by Gasteiger charge is 2.55. The van der Waals surface area contributed by atoms with Gasteiger partial charge in [-0.25, -0.2) is 0 Å². The molecular formula is C62H45N. The number of hydrogen-bond acceptors (Lipinski definition) is 1. The molecule has 298 valence electrons. The first-order valence-electron chi connectivity index (χ1n) is 22.5. The van der Waals surface area contributed by atoms with Crippen LogP contribution in [0.3, 0.4) is 0 Å². The second-order valence-electron chi connectivity index (χ2n) is 18.3. The van der Waals surface area contributed by atoms with Crippen LogP contribution < -0.4 is 4.90 Å². The Morgan fingerprint density at radius 1 is 0.476 bits per heavy atom. The minimum Gasteiger partial charge on any atom is -0.310 e. The van der Waals surface area contributed by atoms with E-state index in [-0.39, 0.29) is 10.8 Å². The number of nitrogens with zero attached hydrogens (tertiary/aromatic N) is 1. The number of allylic oxidation sites excluding steroid dienone is 4. The smallest absolute Gasteiger partial charge is 0.0686 e. The molecule has 0 radical (unpaired) electrons. The van der Waals surface area contributed by atoms with Gasteiger partial charge < -0.3 is 4.90 Å². The molecule has 13 rings (SSSR count). The van der Waals surface area contributed by atoms with Crippen LogP contribution in [0.5, 0.6) is 0 Å². The second kappa shape index (κ2) is 13.5. The van der Waals surface area contributed by atoms with Gasteiger partial charge in [0.05, 0.1) is 11.1 Å². The summed E-state index contributed by atoms with van der Waals surface area (Å²) in [4.78, 5) is 2.56. The largest absolute Gasteiger partial charge is 0.310 e. The van der Waals surface area contributed by atoms with Gasteiger partial charge in [0, 0.05) is 28.3 Å². The Balaban J connectivity index is 1.11. The second-order valence-corrected chi connectivity index (χ2v) is 18.3. The van der Waals surface area contributed by atoms with Gasteiger partial charge in [0.25, 0.3) is 0 Å². The first kappa shape index (κ1) is 36.2. The van der Waals surface area contributed by atoms with E-state index in [1.54, 1.807) is 0 Å². The molecule has 9 aromatic carbocycles. The Morgan fingerprint density at radius 2 is 1.08 bits per heavy atom. The van der Waals surface area contributed by atoms with Gasteiger partial charge in [-0.1, -0.05) is 202 Å². The molecule has 1 atom stereocenters. The summed E-state index contributed by atoms with van der Waals surface area (Å²) in [6.45, 7) is 4.84. The van der Waals surface area contributed by atoms with Crippen LogP contribution in [0.2, 0.25) is 0 Å². The van der Waals surface area contributed by atoms with E-state index in [0.29, 0.717) is 5.92 Å². The van der Waals surface area contributed by atoms with Crippen LogP contribution in [-0.4, -0.2) is 0 Å². The highest BCUT2D eigenvalue weighted by atomic mass is 15.1. The molecule has 0 amide bonds. The fraction of sp³-hybridized carbons (Fsp3) is 0.0968. The average molecular weight is 804 g/mol. The zero-order valence-electron chi connectivity index (χ0n) is 35.5. The van der Waals surface area contributed by atoms with Gasteiger partial charge in [0.2, 0.25) is 0 Å². The van der Waals surface area contributed by atoms with Crippen molar-refractivity contribution in [3.8, 4) is 44.5 Å². The number of hydrogen-bond donors (Lipinski definition) is 0. The molecule has 63 heavy (non-hydrogen) atoms. The Kier molecular flexibility index (Phi) is 7.76. The summed E-state index contributed by atoms with van der Waals surface area (Å²) in [5.41, 5.74) is 22.9. The van der Waals surface area contributed by atoms with Crippen molar-refractivity contribution in [3.05, 3.63) is 257 Å². The molecule has 0 aliphatic heterocycles. The van der Waals surface area contributed by atoms with E-state index in [9.17, 15) is 0 Å². The van der Waals surface area contributed by atoms with Crippen LogP contribution in [0.1, 0.15) is 59.6 Å². The zero-order chi connectivity index (χ0) is 41.9. The van der Waals surface area contributed by atoms with Crippen molar-refractivity contribution >= 4 is 27.8 Å². The summed E-state index contributed by atoms with van der Waals surface area (Å²) in [6, 6.07) is 75.4. The maximum Gasteiger partial charge on any atom is 0.0686 e. The quantitative estimate of drug-likeness (QED) is 0.168. The molecule has 1 nitrogen and oxygen atoms in total. The lowest BCUT2D eigenvalue weighted by atomic mass is 9.66.